The molecule has 1 aliphatic heterocycles. The van der Waals surface area contributed by atoms with Crippen LogP contribution in [0.4, 0.5) is 5.69 Å². The van der Waals surface area contributed by atoms with Crippen molar-refractivity contribution in [3.05, 3.63) is 69.0 Å². The van der Waals surface area contributed by atoms with Crippen LogP contribution in [0.2, 0.25) is 10.0 Å². The minimum Gasteiger partial charge on any atom is -0.290 e. The highest BCUT2D eigenvalue weighted by Gasteiger charge is 2.30. The van der Waals surface area contributed by atoms with E-state index < -0.39 is 0 Å². The number of benzene rings is 2. The van der Waals surface area contributed by atoms with Crippen molar-refractivity contribution in [2.75, 3.05) is 7.05 Å². The smallest absolute Gasteiger partial charge is 0.266 e. The highest BCUT2D eigenvalue weighted by atomic mass is 35.5. The van der Waals surface area contributed by atoms with Crippen LogP contribution in [0.5, 0.6) is 0 Å². The largest absolute Gasteiger partial charge is 0.290 e. The Labute approximate surface area is 148 Å². The summed E-state index contributed by atoms with van der Waals surface area (Å²) in [7, 11) is 1.71. The van der Waals surface area contributed by atoms with Crippen molar-refractivity contribution in [1.29, 1.82) is 0 Å². The molecule has 0 spiro atoms. The molecule has 116 valence electrons. The predicted molar refractivity (Wildman–Crippen MR) is 98.3 cm³/mol. The van der Waals surface area contributed by atoms with Crippen molar-refractivity contribution in [2.45, 2.75) is 0 Å². The molecule has 0 unspecified atom stereocenters. The molecule has 1 aliphatic rings. The third-order valence-corrected chi connectivity index (χ3v) is 4.75. The quantitative estimate of drug-likeness (QED) is 0.685. The number of halogens is 2. The van der Waals surface area contributed by atoms with Crippen LogP contribution in [0, 0.1) is 0 Å². The van der Waals surface area contributed by atoms with E-state index in [0.29, 0.717) is 25.8 Å². The Bertz CT molecular complexity index is 816. The fraction of sp³-hybridized carbons (Fsp3) is 0.0588. The fourth-order valence-electron chi connectivity index (χ4n) is 2.02. The molecular weight excluding hydrogens is 351 g/mol. The van der Waals surface area contributed by atoms with Gasteiger partial charge in [0.2, 0.25) is 0 Å². The zero-order chi connectivity index (χ0) is 16.4. The van der Waals surface area contributed by atoms with Gasteiger partial charge in [0.25, 0.3) is 5.91 Å². The average molecular weight is 363 g/mol. The first-order valence-electron chi connectivity index (χ1n) is 6.80. The van der Waals surface area contributed by atoms with E-state index in [1.54, 1.807) is 31.3 Å². The second kappa shape index (κ2) is 6.79. The number of likely N-dealkylation sites (N-methyl/N-ethyl adjacent to an activating group) is 1. The summed E-state index contributed by atoms with van der Waals surface area (Å²) in [6.07, 6.45) is 1.83. The summed E-state index contributed by atoms with van der Waals surface area (Å²) in [5, 5.41) is 1.90. The molecule has 0 aliphatic carbocycles. The van der Waals surface area contributed by atoms with E-state index in [1.165, 1.54) is 16.7 Å². The molecule has 1 amide bonds. The van der Waals surface area contributed by atoms with Gasteiger partial charge in [-0.05, 0) is 53.7 Å². The minimum absolute atomic E-state index is 0.0780. The molecule has 3 rings (SSSR count). The molecule has 0 aromatic heterocycles. The standard InChI is InChI=1S/C17H12Cl2N2OS/c1-21-16(22)15(9-11-5-7-12(18)8-6-11)23-17(21)20-14-4-2-3-13(19)10-14/h2-10H,1H3/b15-9+,20-17?. The molecule has 3 nitrogen and oxygen atoms in total. The summed E-state index contributed by atoms with van der Waals surface area (Å²) in [6, 6.07) is 14.5. The number of aliphatic imine (C=N–C) groups is 1. The van der Waals surface area contributed by atoms with Crippen LogP contribution in [0.25, 0.3) is 6.08 Å². The second-order valence-electron chi connectivity index (χ2n) is 4.90. The average Bonchev–Trinajstić information content (AvgIpc) is 2.78. The Balaban J connectivity index is 1.89. The van der Waals surface area contributed by atoms with Gasteiger partial charge in [0.1, 0.15) is 0 Å². The molecule has 1 saturated heterocycles. The molecule has 1 heterocycles. The van der Waals surface area contributed by atoms with Gasteiger partial charge in [-0.25, -0.2) is 4.99 Å². The lowest BCUT2D eigenvalue weighted by Gasteiger charge is -2.07. The lowest BCUT2D eigenvalue weighted by atomic mass is 10.2. The maximum atomic E-state index is 12.3. The maximum absolute atomic E-state index is 12.3. The van der Waals surface area contributed by atoms with Crippen molar-refractivity contribution in [3.63, 3.8) is 0 Å². The van der Waals surface area contributed by atoms with Gasteiger partial charge in [-0.3, -0.25) is 9.69 Å². The molecule has 0 saturated carbocycles. The number of hydrogen-bond donors (Lipinski definition) is 0. The zero-order valence-electron chi connectivity index (χ0n) is 12.2. The van der Waals surface area contributed by atoms with Crippen molar-refractivity contribution < 1.29 is 4.79 Å². The third kappa shape index (κ3) is 3.78. The Morgan fingerprint density at radius 2 is 1.83 bits per heavy atom. The second-order valence-corrected chi connectivity index (χ2v) is 6.78. The summed E-state index contributed by atoms with van der Waals surface area (Å²) >= 11 is 13.2. The van der Waals surface area contributed by atoms with Crippen molar-refractivity contribution in [1.82, 2.24) is 4.90 Å². The number of amides is 1. The fourth-order valence-corrected chi connectivity index (χ4v) is 3.32. The lowest BCUT2D eigenvalue weighted by molar-refractivity contribution is -0.121. The van der Waals surface area contributed by atoms with E-state index in [4.69, 9.17) is 23.2 Å². The summed E-state index contributed by atoms with van der Waals surface area (Å²) in [5.74, 6) is -0.0780. The van der Waals surface area contributed by atoms with Crippen LogP contribution in [-0.4, -0.2) is 23.0 Å². The van der Waals surface area contributed by atoms with Gasteiger partial charge in [0.15, 0.2) is 5.17 Å². The number of nitrogens with zero attached hydrogens (tertiary/aromatic N) is 2. The lowest BCUT2D eigenvalue weighted by Crippen LogP contribution is -2.23. The maximum Gasteiger partial charge on any atom is 0.266 e. The van der Waals surface area contributed by atoms with Crippen molar-refractivity contribution >= 4 is 57.8 Å². The molecule has 0 bridgehead atoms. The molecule has 0 atom stereocenters. The van der Waals surface area contributed by atoms with Gasteiger partial charge < -0.3 is 0 Å². The van der Waals surface area contributed by atoms with Crippen LogP contribution in [0.3, 0.4) is 0 Å². The molecule has 2 aromatic carbocycles. The molecular formula is C17H12Cl2N2OS. The Kier molecular flexibility index (Phi) is 4.76. The molecule has 0 radical (unpaired) electrons. The van der Waals surface area contributed by atoms with Crippen LogP contribution >= 0.6 is 35.0 Å². The van der Waals surface area contributed by atoms with E-state index in [1.807, 2.05) is 30.3 Å². The highest BCUT2D eigenvalue weighted by molar-refractivity contribution is 8.18. The van der Waals surface area contributed by atoms with Gasteiger partial charge >= 0.3 is 0 Å². The van der Waals surface area contributed by atoms with Crippen LogP contribution < -0.4 is 0 Å². The predicted octanol–water partition coefficient (Wildman–Crippen LogP) is 5.23. The Hall–Kier alpha value is -1.75. The van der Waals surface area contributed by atoms with Crippen molar-refractivity contribution in [2.24, 2.45) is 4.99 Å². The van der Waals surface area contributed by atoms with E-state index in [9.17, 15) is 4.79 Å². The summed E-state index contributed by atoms with van der Waals surface area (Å²) in [5.41, 5.74) is 1.63. The first-order chi connectivity index (χ1) is 11.0. The van der Waals surface area contributed by atoms with Gasteiger partial charge in [-0.15, -0.1) is 0 Å². The Morgan fingerprint density at radius 3 is 2.52 bits per heavy atom. The first-order valence-corrected chi connectivity index (χ1v) is 8.37. The van der Waals surface area contributed by atoms with Gasteiger partial charge in [0.05, 0.1) is 10.6 Å². The Morgan fingerprint density at radius 1 is 1.09 bits per heavy atom. The minimum atomic E-state index is -0.0780. The first kappa shape index (κ1) is 16.1. The SMILES string of the molecule is CN1C(=O)/C(=C\c2ccc(Cl)cc2)SC1=Nc1cccc(Cl)c1. The monoisotopic (exact) mass is 362 g/mol. The summed E-state index contributed by atoms with van der Waals surface area (Å²) in [6.45, 7) is 0. The topological polar surface area (TPSA) is 32.7 Å². The van der Waals surface area contributed by atoms with E-state index in [2.05, 4.69) is 4.99 Å². The van der Waals surface area contributed by atoms with Crippen molar-refractivity contribution in [3.8, 4) is 0 Å². The van der Waals surface area contributed by atoms with Gasteiger partial charge in [-0.1, -0.05) is 41.4 Å². The number of hydrogen-bond acceptors (Lipinski definition) is 3. The van der Waals surface area contributed by atoms with Crippen LogP contribution in [0.15, 0.2) is 58.4 Å². The van der Waals surface area contributed by atoms with E-state index in [-0.39, 0.29) is 5.91 Å². The van der Waals surface area contributed by atoms with Crippen LogP contribution in [0.1, 0.15) is 5.56 Å². The zero-order valence-corrected chi connectivity index (χ0v) is 14.5. The van der Waals surface area contributed by atoms with Gasteiger partial charge in [0, 0.05) is 17.1 Å². The van der Waals surface area contributed by atoms with E-state index in [0.717, 1.165) is 5.56 Å². The number of amidine groups is 1. The number of rotatable bonds is 2. The van der Waals surface area contributed by atoms with Crippen LogP contribution in [-0.2, 0) is 4.79 Å². The van der Waals surface area contributed by atoms with E-state index >= 15 is 0 Å². The highest BCUT2D eigenvalue weighted by Crippen LogP contribution is 2.33. The number of carbonyl (C=O) groups is 1. The summed E-state index contributed by atoms with van der Waals surface area (Å²) in [4.78, 5) is 19.0. The molecule has 2 aromatic rings. The summed E-state index contributed by atoms with van der Waals surface area (Å²) < 4.78 is 0. The molecule has 1 fully saturated rings. The molecule has 23 heavy (non-hydrogen) atoms. The van der Waals surface area contributed by atoms with Gasteiger partial charge in [-0.2, -0.15) is 0 Å². The number of carbonyl (C=O) groups excluding carboxylic acids is 1. The third-order valence-electron chi connectivity index (χ3n) is 3.20. The number of thioether (sulfide) groups is 1. The molecule has 0 N–H and O–H groups in total. The normalized spacial score (nSPS) is 18.2. The molecule has 6 heteroatoms.